The monoisotopic (exact) mass is 1330 g/mol. The van der Waals surface area contributed by atoms with Gasteiger partial charge in [0.1, 0.15) is 0 Å². The van der Waals surface area contributed by atoms with E-state index in [0.717, 1.165) is 46.4 Å². The largest absolute Gasteiger partial charge is 2.00 e. The molecule has 0 atom stereocenters. The van der Waals surface area contributed by atoms with Crippen molar-refractivity contribution in [3.8, 4) is 111 Å². The van der Waals surface area contributed by atoms with Gasteiger partial charge in [-0.15, -0.1) is 0 Å². The summed E-state index contributed by atoms with van der Waals surface area (Å²) in [6.07, 6.45) is 2.56. The van der Waals surface area contributed by atoms with Crippen LogP contribution < -0.4 is 17.0 Å². The Morgan fingerprint density at radius 3 is 1.04 bits per heavy atom. The van der Waals surface area contributed by atoms with Crippen LogP contribution >= 0.6 is 23.2 Å². The first-order valence-electron chi connectivity index (χ1n) is 31.1. The van der Waals surface area contributed by atoms with Crippen LogP contribution in [0.1, 0.15) is 42.6 Å². The topological polar surface area (TPSA) is 55.8 Å². The van der Waals surface area contributed by atoms with Crippen molar-refractivity contribution in [3.05, 3.63) is 296 Å². The first-order chi connectivity index (χ1) is 44.6. The molecule has 456 valence electrons. The Morgan fingerprint density at radius 1 is 0.383 bits per heavy atom. The zero-order chi connectivity index (χ0) is 61.9. The van der Waals surface area contributed by atoms with Crippen molar-refractivity contribution < 1.29 is 36.4 Å². The second-order valence-electron chi connectivity index (χ2n) is 24.1. The third-order valence-corrected chi connectivity index (χ3v) is 18.7. The summed E-state index contributed by atoms with van der Waals surface area (Å²) < 4.78 is 10.1. The maximum absolute atomic E-state index is 12.9. The molecule has 0 spiro atoms. The molecule has 0 amide bonds. The van der Waals surface area contributed by atoms with E-state index in [1.807, 2.05) is 44.2 Å². The van der Waals surface area contributed by atoms with Gasteiger partial charge in [0, 0.05) is 23.3 Å². The molecule has 4 nitrogen and oxygen atoms in total. The van der Waals surface area contributed by atoms with Crippen molar-refractivity contribution in [2.24, 2.45) is 0 Å². The van der Waals surface area contributed by atoms with E-state index in [1.54, 1.807) is 6.07 Å². The molecule has 1 saturated heterocycles. The van der Waals surface area contributed by atoms with Crippen LogP contribution in [0.5, 0.6) is 0 Å². The maximum atomic E-state index is 12.9. The fourth-order valence-corrected chi connectivity index (χ4v) is 14.8. The zero-order valence-corrected chi connectivity index (χ0v) is 57.3. The summed E-state index contributed by atoms with van der Waals surface area (Å²) in [6.45, 7) is 5.64. The molecule has 14 aromatic carbocycles. The van der Waals surface area contributed by atoms with Crippen molar-refractivity contribution in [1.82, 2.24) is 0 Å². The smallest absolute Gasteiger partial charge is 1.00 e. The van der Waals surface area contributed by atoms with E-state index in [-0.39, 0.29) is 47.5 Å². The predicted octanol–water partition coefficient (Wildman–Crippen LogP) is 20.5. The van der Waals surface area contributed by atoms with Gasteiger partial charge in [0.25, 0.3) is 0 Å². The second-order valence-corrected chi connectivity index (χ2v) is 25.0. The van der Waals surface area contributed by atoms with E-state index in [1.165, 1.54) is 147 Å². The third kappa shape index (κ3) is 11.4. The maximum Gasteiger partial charge on any atom is 2.00 e. The van der Waals surface area contributed by atoms with Crippen LogP contribution in [0, 0.1) is 7.43 Å². The van der Waals surface area contributed by atoms with Gasteiger partial charge < -0.3 is 39.0 Å². The molecule has 2 aliphatic carbocycles. The SMILES string of the molecule is C1CCOC1.CC(C)(O)c1cc(Cl)ccc1-c1ccc2c3c(cccc13)-c1c-2c(-c2ccccc2)c2ccccc2c1-c1ccccc1.COC(=O)c1cc(Cl)ccc1-c1ccc2c3c(cccc13)-c1c-2c(-c2ccccc2)c2ccccc2c1-c1ccccc1.[Br-].[CH3-].[Mg+2]. The normalized spacial score (nSPS) is 12.1. The van der Waals surface area contributed by atoms with E-state index in [4.69, 9.17) is 32.7 Å². The molecule has 0 radical (unpaired) electrons. The van der Waals surface area contributed by atoms with Gasteiger partial charge >= 0.3 is 29.0 Å². The first kappa shape index (κ1) is 65.4. The molecular formula is C86H65BrCl2MgO4. The van der Waals surface area contributed by atoms with Gasteiger partial charge in [-0.25, -0.2) is 4.79 Å². The average molecular weight is 1340 g/mol. The fourth-order valence-electron chi connectivity index (χ4n) is 14.5. The minimum Gasteiger partial charge on any atom is -1.00 e. The molecule has 8 heteroatoms. The number of hydrogen-bond donors (Lipinski definition) is 1. The third-order valence-electron chi connectivity index (χ3n) is 18.3. The molecule has 14 aromatic rings. The molecule has 1 aliphatic heterocycles. The number of methoxy groups -OCH3 is 1. The molecule has 1 fully saturated rings. The summed E-state index contributed by atoms with van der Waals surface area (Å²) in [7, 11) is 1.40. The molecular weight excluding hydrogens is 1270 g/mol. The van der Waals surface area contributed by atoms with Crippen molar-refractivity contribution in [1.29, 1.82) is 0 Å². The van der Waals surface area contributed by atoms with Crippen LogP contribution in [0.2, 0.25) is 10.0 Å². The molecule has 1 heterocycles. The van der Waals surface area contributed by atoms with Crippen molar-refractivity contribution in [3.63, 3.8) is 0 Å². The summed E-state index contributed by atoms with van der Waals surface area (Å²) in [4.78, 5) is 12.9. The molecule has 0 bridgehead atoms. The summed E-state index contributed by atoms with van der Waals surface area (Å²) in [5.74, 6) is -0.409. The van der Waals surface area contributed by atoms with Gasteiger partial charge in [-0.3, -0.25) is 0 Å². The number of ether oxygens (including phenoxy) is 2. The van der Waals surface area contributed by atoms with Gasteiger partial charge in [0.05, 0.1) is 18.3 Å². The summed E-state index contributed by atoms with van der Waals surface area (Å²) in [5, 5.41) is 21.9. The standard InChI is InChI=1S/C41H29ClO.C40H25ClO2.C4H8O.CH3.BrH.Mg/c1-41(2,43)35-24-27(42)20-21-29(35)28-22-23-34-38-30(28)18-11-19-33(38)39-36(25-12-5-3-6-13-25)31-16-9-10-17-32(31)37(40(34)39)26-14-7-4-8-15-26;1-43-40(42)34-23-26(41)19-20-28(34)27-21-22-33-37-29(27)17-10-18-32(37)38-35(24-11-4-2-5-12-24)30-15-8-9-16-31(30)36(39(33)38)25-13-6-3-7-14-25;1-2-4-5-3-1;;;/h3-24,43H,1-2H3;2-23H,1H3;1-4H2;1H3;1H;/q;;;-1;;+2/p-1. The van der Waals surface area contributed by atoms with Crippen LogP contribution in [0.4, 0.5) is 0 Å². The second kappa shape index (κ2) is 27.4. The van der Waals surface area contributed by atoms with Gasteiger partial charge in [-0.05, 0) is 211 Å². The minimum absolute atomic E-state index is 0. The van der Waals surface area contributed by atoms with E-state index < -0.39 is 11.6 Å². The number of carbonyl (C=O) groups is 1. The number of hydrogen-bond acceptors (Lipinski definition) is 4. The number of carbonyl (C=O) groups excluding carboxylic acids is 1. The summed E-state index contributed by atoms with van der Waals surface area (Å²) in [6, 6.07) is 93.9. The molecule has 17 rings (SSSR count). The van der Waals surface area contributed by atoms with Crippen molar-refractivity contribution >= 4 is 95.3 Å². The molecule has 0 unspecified atom stereocenters. The van der Waals surface area contributed by atoms with Crippen LogP contribution in [-0.2, 0) is 15.1 Å². The first-order valence-corrected chi connectivity index (χ1v) is 31.8. The quantitative estimate of drug-likeness (QED) is 0.0936. The fraction of sp³-hybridized carbons (Fsp3) is 0.0930. The van der Waals surface area contributed by atoms with Gasteiger partial charge in [0.2, 0.25) is 0 Å². The van der Waals surface area contributed by atoms with E-state index in [2.05, 4.69) is 231 Å². The zero-order valence-electron chi connectivity index (χ0n) is 52.7. The van der Waals surface area contributed by atoms with Gasteiger partial charge in [-0.1, -0.05) is 266 Å². The van der Waals surface area contributed by atoms with Crippen molar-refractivity contribution in [2.45, 2.75) is 32.3 Å². The predicted molar refractivity (Wildman–Crippen MR) is 393 cm³/mol. The number of rotatable bonds is 8. The number of fused-ring (bicyclic) bond motifs is 8. The Bertz CT molecular complexity index is 5010. The van der Waals surface area contributed by atoms with Gasteiger partial charge in [-0.2, -0.15) is 0 Å². The summed E-state index contributed by atoms with van der Waals surface area (Å²) >= 11 is 12.8. The molecule has 0 aromatic heterocycles. The molecule has 0 saturated carbocycles. The average Bonchev–Trinajstić information content (AvgIpc) is 1.54. The van der Waals surface area contributed by atoms with E-state index >= 15 is 0 Å². The molecule has 1 N–H and O–H groups in total. The van der Waals surface area contributed by atoms with Crippen LogP contribution in [0.15, 0.2) is 267 Å². The minimum atomic E-state index is -1.05. The van der Waals surface area contributed by atoms with Crippen LogP contribution in [0.3, 0.4) is 0 Å². The Kier molecular flexibility index (Phi) is 19.0. The number of halogens is 3. The molecule has 94 heavy (non-hydrogen) atoms. The number of benzene rings is 14. The van der Waals surface area contributed by atoms with E-state index in [0.29, 0.717) is 15.6 Å². The Labute approximate surface area is 586 Å². The Balaban J connectivity index is 0.000000163. The van der Waals surface area contributed by atoms with Crippen LogP contribution in [-0.4, -0.2) is 54.5 Å². The van der Waals surface area contributed by atoms with Gasteiger partial charge in [0.15, 0.2) is 0 Å². The van der Waals surface area contributed by atoms with Crippen molar-refractivity contribution in [2.75, 3.05) is 20.3 Å². The summed E-state index contributed by atoms with van der Waals surface area (Å²) in [5.41, 5.74) is 23.8. The van der Waals surface area contributed by atoms with E-state index in [9.17, 15) is 9.90 Å². The van der Waals surface area contributed by atoms with Crippen LogP contribution in [0.25, 0.3) is 154 Å². The molecule has 3 aliphatic rings. The number of esters is 1. The Hall–Kier alpha value is -8.66. The Morgan fingerprint density at radius 2 is 0.691 bits per heavy atom. The number of aliphatic hydroxyl groups is 1.